The second-order valence-corrected chi connectivity index (χ2v) is 3.50. The Morgan fingerprint density at radius 3 is 2.23 bits per heavy atom. The number of carbonyl (C=O) groups excluding carboxylic acids is 1. The summed E-state index contributed by atoms with van der Waals surface area (Å²) in [5, 5.41) is 8.69. The first-order valence-electron chi connectivity index (χ1n) is 3.69. The van der Waals surface area contributed by atoms with Gasteiger partial charge in [0.1, 0.15) is 12.1 Å². The second-order valence-electron chi connectivity index (χ2n) is 3.50. The maximum Gasteiger partial charge on any atom is 0.422 e. The van der Waals surface area contributed by atoms with Crippen molar-refractivity contribution in [1.82, 2.24) is 5.01 Å². The molecule has 0 radical (unpaired) electrons. The number of ether oxygens (including phenoxy) is 1. The number of hydrazine groups is 1. The van der Waals surface area contributed by atoms with Crippen LogP contribution in [0.15, 0.2) is 0 Å². The first-order chi connectivity index (χ1) is 5.72. The molecule has 0 spiro atoms. The zero-order valence-electron chi connectivity index (χ0n) is 7.90. The van der Waals surface area contributed by atoms with Crippen LogP contribution in [0.5, 0.6) is 0 Å². The summed E-state index contributed by atoms with van der Waals surface area (Å²) < 4.78 is 4.83. The maximum atomic E-state index is 11.0. The molecule has 0 bridgehead atoms. The highest BCUT2D eigenvalue weighted by Crippen LogP contribution is 2.06. The van der Waals surface area contributed by atoms with Crippen LogP contribution in [-0.4, -0.2) is 34.3 Å². The van der Waals surface area contributed by atoms with Crippen molar-refractivity contribution >= 4 is 12.1 Å². The Kier molecular flexibility index (Phi) is 3.68. The molecule has 6 nitrogen and oxygen atoms in total. The van der Waals surface area contributed by atoms with Crippen molar-refractivity contribution in [1.29, 1.82) is 0 Å². The van der Waals surface area contributed by atoms with Crippen LogP contribution in [0.25, 0.3) is 0 Å². The second kappa shape index (κ2) is 4.08. The van der Waals surface area contributed by atoms with Gasteiger partial charge >= 0.3 is 12.1 Å². The van der Waals surface area contributed by atoms with Gasteiger partial charge in [0.25, 0.3) is 0 Å². The Balaban J connectivity index is 3.96. The van der Waals surface area contributed by atoms with Gasteiger partial charge in [-0.2, -0.15) is 0 Å². The Labute approximate surface area is 76.2 Å². The molecule has 0 aromatic heterocycles. The van der Waals surface area contributed by atoms with Gasteiger partial charge in [-0.25, -0.2) is 15.6 Å². The van der Waals surface area contributed by atoms with Crippen molar-refractivity contribution in [3.8, 4) is 0 Å². The minimum absolute atomic E-state index is 0.369. The molecule has 0 unspecified atom stereocenters. The molecule has 0 aliphatic carbocycles. The van der Waals surface area contributed by atoms with Crippen molar-refractivity contribution in [2.24, 2.45) is 5.84 Å². The van der Waals surface area contributed by atoms with E-state index in [1.165, 1.54) is 0 Å². The number of hydrogen-bond acceptors (Lipinski definition) is 4. The number of carbonyl (C=O) groups is 2. The largest absolute Gasteiger partial charge is 0.464 e. The van der Waals surface area contributed by atoms with Crippen LogP contribution in [0, 0.1) is 0 Å². The summed E-state index contributed by atoms with van der Waals surface area (Å²) in [5.74, 6) is 4.30. The first kappa shape index (κ1) is 11.7. The number of carboxylic acid groups (broad SMARTS) is 1. The van der Waals surface area contributed by atoms with E-state index in [4.69, 9.17) is 15.7 Å². The molecule has 13 heavy (non-hydrogen) atoms. The third-order valence-corrected chi connectivity index (χ3v) is 0.965. The number of nitrogens with two attached hydrogens (primary N) is 1. The first-order valence-corrected chi connectivity index (χ1v) is 3.69. The van der Waals surface area contributed by atoms with E-state index in [9.17, 15) is 9.59 Å². The van der Waals surface area contributed by atoms with Crippen molar-refractivity contribution in [2.45, 2.75) is 26.4 Å². The van der Waals surface area contributed by atoms with Gasteiger partial charge in [-0.05, 0) is 20.8 Å². The van der Waals surface area contributed by atoms with Crippen LogP contribution >= 0.6 is 0 Å². The topological polar surface area (TPSA) is 92.9 Å². The lowest BCUT2D eigenvalue weighted by Crippen LogP contribution is -2.42. The van der Waals surface area contributed by atoms with E-state index in [1.807, 2.05) is 0 Å². The van der Waals surface area contributed by atoms with Crippen molar-refractivity contribution in [3.63, 3.8) is 0 Å². The fourth-order valence-corrected chi connectivity index (χ4v) is 0.580. The van der Waals surface area contributed by atoms with E-state index in [0.29, 0.717) is 5.01 Å². The lowest BCUT2D eigenvalue weighted by Gasteiger charge is -2.20. The predicted molar refractivity (Wildman–Crippen MR) is 44.8 cm³/mol. The zero-order valence-corrected chi connectivity index (χ0v) is 7.90. The number of nitrogens with zero attached hydrogens (tertiary/aromatic N) is 1. The van der Waals surface area contributed by atoms with E-state index < -0.39 is 24.2 Å². The lowest BCUT2D eigenvalue weighted by molar-refractivity contribution is -0.155. The number of hydrogen-bond donors (Lipinski definition) is 2. The van der Waals surface area contributed by atoms with Crippen molar-refractivity contribution in [3.05, 3.63) is 0 Å². The van der Waals surface area contributed by atoms with Gasteiger partial charge in [-0.1, -0.05) is 0 Å². The SMILES string of the molecule is CC(C)(C)OC(=O)CN(N)C(=O)O. The smallest absolute Gasteiger partial charge is 0.422 e. The summed E-state index contributed by atoms with van der Waals surface area (Å²) in [4.78, 5) is 21.2. The lowest BCUT2D eigenvalue weighted by atomic mass is 10.2. The molecule has 0 atom stereocenters. The molecule has 0 aliphatic rings. The van der Waals surface area contributed by atoms with Gasteiger partial charge in [-0.3, -0.25) is 4.79 Å². The molecule has 0 rings (SSSR count). The van der Waals surface area contributed by atoms with E-state index in [0.717, 1.165) is 0 Å². The molecule has 0 aliphatic heterocycles. The maximum absolute atomic E-state index is 11.0. The van der Waals surface area contributed by atoms with Crippen LogP contribution in [0.1, 0.15) is 20.8 Å². The van der Waals surface area contributed by atoms with Gasteiger partial charge in [-0.15, -0.1) is 0 Å². The highest BCUT2D eigenvalue weighted by molar-refractivity contribution is 5.77. The van der Waals surface area contributed by atoms with Gasteiger partial charge in [0, 0.05) is 0 Å². The van der Waals surface area contributed by atoms with Gasteiger partial charge in [0.05, 0.1) is 0 Å². The Hall–Kier alpha value is -1.30. The van der Waals surface area contributed by atoms with Crippen LogP contribution in [0.4, 0.5) is 4.79 Å². The molecule has 0 saturated carbocycles. The highest BCUT2D eigenvalue weighted by Gasteiger charge is 2.19. The number of rotatable bonds is 2. The average molecular weight is 190 g/mol. The van der Waals surface area contributed by atoms with E-state index in [-0.39, 0.29) is 0 Å². The highest BCUT2D eigenvalue weighted by atomic mass is 16.6. The molecule has 3 N–H and O–H groups in total. The summed E-state index contributed by atoms with van der Waals surface area (Å²) in [6.07, 6.45) is -1.37. The quantitative estimate of drug-likeness (QED) is 0.280. The Morgan fingerprint density at radius 1 is 1.46 bits per heavy atom. The van der Waals surface area contributed by atoms with Crippen LogP contribution < -0.4 is 5.84 Å². The predicted octanol–water partition coefficient (Wildman–Crippen LogP) is 0.182. The zero-order chi connectivity index (χ0) is 10.6. The van der Waals surface area contributed by atoms with Crippen LogP contribution in [0.3, 0.4) is 0 Å². The molecule has 1 amide bonds. The van der Waals surface area contributed by atoms with Crippen molar-refractivity contribution in [2.75, 3.05) is 6.54 Å². The molecule has 76 valence electrons. The van der Waals surface area contributed by atoms with Gasteiger partial charge < -0.3 is 9.84 Å². The number of esters is 1. The van der Waals surface area contributed by atoms with Crippen LogP contribution in [-0.2, 0) is 9.53 Å². The minimum Gasteiger partial charge on any atom is -0.464 e. The molecule has 0 saturated heterocycles. The molecule has 0 aromatic rings. The Bertz CT molecular complexity index is 209. The summed E-state index contributed by atoms with van der Waals surface area (Å²) >= 11 is 0. The van der Waals surface area contributed by atoms with Crippen LogP contribution in [0.2, 0.25) is 0 Å². The molecule has 6 heteroatoms. The summed E-state index contributed by atoms with van der Waals surface area (Å²) in [7, 11) is 0. The van der Waals surface area contributed by atoms with E-state index in [2.05, 4.69) is 0 Å². The molecule has 0 aromatic carbocycles. The van der Waals surface area contributed by atoms with Gasteiger partial charge in [0.2, 0.25) is 0 Å². The summed E-state index contributed by atoms with van der Waals surface area (Å²) in [6, 6.07) is 0. The monoisotopic (exact) mass is 190 g/mol. The summed E-state index contributed by atoms with van der Waals surface area (Å²) in [6.45, 7) is 4.60. The number of amides is 1. The fourth-order valence-electron chi connectivity index (χ4n) is 0.580. The standard InChI is InChI=1S/C7H14N2O4/c1-7(2,3)13-5(10)4-9(8)6(11)12/h4,8H2,1-3H3,(H,11,12). The van der Waals surface area contributed by atoms with Crippen molar-refractivity contribution < 1.29 is 19.4 Å². The average Bonchev–Trinajstić information content (AvgIpc) is 1.81. The molecular weight excluding hydrogens is 176 g/mol. The fraction of sp³-hybridized carbons (Fsp3) is 0.714. The molecule has 0 fully saturated rings. The van der Waals surface area contributed by atoms with Gasteiger partial charge in [0.15, 0.2) is 0 Å². The van der Waals surface area contributed by atoms with E-state index in [1.54, 1.807) is 20.8 Å². The molecule has 0 heterocycles. The summed E-state index contributed by atoms with van der Waals surface area (Å²) in [5.41, 5.74) is -0.629. The molecular formula is C7H14N2O4. The minimum atomic E-state index is -1.37. The van der Waals surface area contributed by atoms with E-state index >= 15 is 0 Å². The third-order valence-electron chi connectivity index (χ3n) is 0.965. The Morgan fingerprint density at radius 2 is 1.92 bits per heavy atom. The third kappa shape index (κ3) is 5.92. The normalized spacial score (nSPS) is 10.8.